The van der Waals surface area contributed by atoms with Crippen LogP contribution in [0.3, 0.4) is 0 Å². The quantitative estimate of drug-likeness (QED) is 0.442. The summed E-state index contributed by atoms with van der Waals surface area (Å²) in [6, 6.07) is 0. The van der Waals surface area contributed by atoms with Gasteiger partial charge in [-0.05, 0) is 0 Å². The van der Waals surface area contributed by atoms with Crippen LogP contribution >= 0.6 is 0 Å². The van der Waals surface area contributed by atoms with Gasteiger partial charge in [0.05, 0.1) is 11.9 Å². The van der Waals surface area contributed by atoms with Crippen LogP contribution in [0.4, 0.5) is 0 Å². The first kappa shape index (κ1) is 17.7. The second-order valence-electron chi connectivity index (χ2n) is 1.53. The van der Waals surface area contributed by atoms with Crippen LogP contribution in [0, 0.1) is 0 Å². The van der Waals surface area contributed by atoms with Crippen LogP contribution in [0.2, 0.25) is 0 Å². The Kier molecular flexibility index (Phi) is 10.7. The molecule has 0 spiro atoms. The van der Waals surface area contributed by atoms with E-state index in [1.165, 1.54) is 0 Å². The molecule has 0 aromatic carbocycles. The van der Waals surface area contributed by atoms with E-state index in [2.05, 4.69) is 0 Å². The van der Waals surface area contributed by atoms with Crippen molar-refractivity contribution >= 4 is 36.4 Å². The van der Waals surface area contributed by atoms with Gasteiger partial charge in [0, 0.05) is 0 Å². The van der Waals surface area contributed by atoms with Gasteiger partial charge in [0.2, 0.25) is 0 Å². The summed E-state index contributed by atoms with van der Waals surface area (Å²) in [5.74, 6) is -4.12. The first-order valence-electron chi connectivity index (χ1n) is 2.24. The van der Waals surface area contributed by atoms with Crippen LogP contribution in [-0.2, 0) is 9.59 Å². The third kappa shape index (κ3) is 5.31. The van der Waals surface area contributed by atoms with Gasteiger partial charge in [0.25, 0.3) is 0 Å². The van der Waals surface area contributed by atoms with Crippen LogP contribution in [-0.4, -0.2) is 58.8 Å². The molecule has 12 heavy (non-hydrogen) atoms. The Bertz CT molecular complexity index is 144. The number of carboxylic acid groups (broad SMARTS) is 2. The number of carbonyl (C=O) groups is 2. The summed E-state index contributed by atoms with van der Waals surface area (Å²) in [4.78, 5) is 19.3. The molecule has 2 unspecified atom stereocenters. The van der Waals surface area contributed by atoms with Crippen molar-refractivity contribution in [3.8, 4) is 0 Å². The summed E-state index contributed by atoms with van der Waals surface area (Å²) < 4.78 is 0. The predicted octanol–water partition coefficient (Wildman–Crippen LogP) is -4.80. The molecular weight excluding hydrogens is 280 g/mol. The van der Waals surface area contributed by atoms with E-state index in [4.69, 9.17) is 10.2 Å². The Balaban J connectivity index is -0.000000405. The van der Waals surface area contributed by atoms with Crippen molar-refractivity contribution < 1.29 is 30.0 Å². The first-order chi connectivity index (χ1) is 4.46. The van der Waals surface area contributed by atoms with Crippen molar-refractivity contribution in [1.29, 1.82) is 0 Å². The maximum Gasteiger partial charge on any atom is 3.00 e. The molecule has 68 valence electrons. The van der Waals surface area contributed by atoms with Gasteiger partial charge < -0.3 is 36.2 Å². The second kappa shape index (κ2) is 7.30. The minimum Gasteiger partial charge on any atom is -0.547 e. The van der Waals surface area contributed by atoms with Crippen LogP contribution in [0.15, 0.2) is 0 Å². The molecule has 0 aliphatic heterocycles. The van der Waals surface area contributed by atoms with Gasteiger partial charge in [-0.15, -0.1) is 0 Å². The van der Waals surface area contributed by atoms with E-state index < -0.39 is 24.1 Å². The van der Waals surface area contributed by atoms with Crippen LogP contribution in [0.1, 0.15) is 0 Å². The molecule has 0 saturated carbocycles. The van der Waals surface area contributed by atoms with Gasteiger partial charge in [-0.3, -0.25) is 0 Å². The molecule has 0 amide bonds. The molecule has 0 aliphatic rings. The summed E-state index contributed by atoms with van der Waals surface area (Å²) >= 11 is 0. The van der Waals surface area contributed by atoms with Crippen molar-refractivity contribution in [2.45, 2.75) is 12.2 Å². The van der Waals surface area contributed by atoms with Crippen molar-refractivity contribution in [3.63, 3.8) is 0 Å². The van der Waals surface area contributed by atoms with Crippen LogP contribution in [0.25, 0.3) is 0 Å². The number of carbonyl (C=O) groups excluding carboxylic acids is 2. The number of hydrogen-bond acceptors (Lipinski definition) is 6. The Morgan fingerprint density at radius 1 is 1.00 bits per heavy atom. The van der Waals surface area contributed by atoms with Crippen LogP contribution < -0.4 is 16.4 Å². The number of aliphatic carboxylic acids is 2. The fourth-order valence-electron chi connectivity index (χ4n) is 0.258. The zero-order valence-corrected chi connectivity index (χ0v) is 8.68. The third-order valence-electron chi connectivity index (χ3n) is 0.782. The standard InChI is InChI=1S/C4H6O6.H3N.Sb/c5-1(3(7)8)2(6)4(9)10;;/h1-2,5-6H,(H,7,8)(H,9,10);1H3;/q;;+3/p-1. The fraction of sp³-hybridized carbons (Fsp3) is 0.500. The van der Waals surface area contributed by atoms with Gasteiger partial charge in [-0.1, -0.05) is 0 Å². The maximum atomic E-state index is 9.63. The zero-order chi connectivity index (χ0) is 8.31. The topological polar surface area (TPSA) is 157 Å². The van der Waals surface area contributed by atoms with Crippen LogP contribution in [0.5, 0.6) is 0 Å². The molecule has 6 N–H and O–H groups in total. The molecule has 0 rings (SSSR count). The maximum absolute atomic E-state index is 9.63. The second-order valence-corrected chi connectivity index (χ2v) is 1.53. The number of aliphatic hydroxyl groups is 2. The Morgan fingerprint density at radius 2 is 1.17 bits per heavy atom. The monoisotopic (exact) mass is 287 g/mol. The van der Waals surface area contributed by atoms with Gasteiger partial charge >= 0.3 is 24.4 Å². The largest absolute Gasteiger partial charge is 3.00 e. The molecular formula is C4H8NO6Sb+2. The van der Waals surface area contributed by atoms with Gasteiger partial charge in [0.1, 0.15) is 12.2 Å². The number of quaternary nitrogens is 1. The molecule has 0 aromatic heterocycles. The molecule has 0 fully saturated rings. The van der Waals surface area contributed by atoms with E-state index in [-0.39, 0.29) is 30.6 Å². The summed E-state index contributed by atoms with van der Waals surface area (Å²) in [7, 11) is 0. The van der Waals surface area contributed by atoms with Crippen molar-refractivity contribution in [2.75, 3.05) is 0 Å². The number of hydrogen-bond donors (Lipinski definition) is 3. The molecule has 0 saturated heterocycles. The SMILES string of the molecule is O=C([O-])C(O)C(O)C(=O)[O-].[NH4+].[Sb+3]. The number of carboxylic acids is 2. The number of rotatable bonds is 3. The zero-order valence-electron chi connectivity index (χ0n) is 6.13. The van der Waals surface area contributed by atoms with Crippen molar-refractivity contribution in [2.24, 2.45) is 0 Å². The first-order valence-corrected chi connectivity index (χ1v) is 2.24. The fourth-order valence-corrected chi connectivity index (χ4v) is 0.258. The molecule has 8 heteroatoms. The summed E-state index contributed by atoms with van der Waals surface area (Å²) in [5, 5.41) is 35.7. The van der Waals surface area contributed by atoms with Gasteiger partial charge in [0.15, 0.2) is 0 Å². The van der Waals surface area contributed by atoms with Gasteiger partial charge in [-0.2, -0.15) is 0 Å². The Morgan fingerprint density at radius 3 is 1.25 bits per heavy atom. The molecule has 7 nitrogen and oxygen atoms in total. The molecule has 0 heterocycles. The molecule has 2 radical (unpaired) electrons. The smallest absolute Gasteiger partial charge is 0.547 e. The summed E-state index contributed by atoms with van der Waals surface area (Å²) in [6.07, 6.45) is -4.88. The minimum absolute atomic E-state index is 0. The molecule has 0 bridgehead atoms. The molecule has 0 aliphatic carbocycles. The van der Waals surface area contributed by atoms with E-state index in [1.807, 2.05) is 0 Å². The minimum atomic E-state index is -2.44. The van der Waals surface area contributed by atoms with E-state index in [0.29, 0.717) is 0 Å². The van der Waals surface area contributed by atoms with Gasteiger partial charge in [-0.25, -0.2) is 0 Å². The average Bonchev–Trinajstić information content (AvgIpc) is 1.84. The summed E-state index contributed by atoms with van der Waals surface area (Å²) in [5.41, 5.74) is 0. The Labute approximate surface area is 85.0 Å². The van der Waals surface area contributed by atoms with Crippen molar-refractivity contribution in [3.05, 3.63) is 0 Å². The predicted molar refractivity (Wildman–Crippen MR) is 33.8 cm³/mol. The normalized spacial score (nSPS) is 13.2. The van der Waals surface area contributed by atoms with E-state index in [1.54, 1.807) is 0 Å². The van der Waals surface area contributed by atoms with E-state index >= 15 is 0 Å². The van der Waals surface area contributed by atoms with Crippen molar-refractivity contribution in [1.82, 2.24) is 6.15 Å². The summed E-state index contributed by atoms with van der Waals surface area (Å²) in [6.45, 7) is 0. The average molecular weight is 288 g/mol. The van der Waals surface area contributed by atoms with E-state index in [9.17, 15) is 19.8 Å². The number of aliphatic hydroxyl groups excluding tert-OH is 2. The third-order valence-corrected chi connectivity index (χ3v) is 0.782. The van der Waals surface area contributed by atoms with E-state index in [0.717, 1.165) is 0 Å². The Hall–Kier alpha value is -0.362. The molecule has 0 aromatic rings. The molecule has 2 atom stereocenters.